The number of hydrogen-bond donors (Lipinski definition) is 1. The zero-order chi connectivity index (χ0) is 16.2. The Morgan fingerprint density at radius 1 is 1.26 bits per heavy atom. The molecule has 4 nitrogen and oxygen atoms in total. The zero-order valence-electron chi connectivity index (χ0n) is 12.4. The van der Waals surface area contributed by atoms with Gasteiger partial charge in [0, 0.05) is 12.7 Å². The van der Waals surface area contributed by atoms with E-state index in [2.05, 4.69) is 15.3 Å². The minimum Gasteiger partial charge on any atom is -0.347 e. The van der Waals surface area contributed by atoms with Gasteiger partial charge in [0.15, 0.2) is 0 Å². The number of aryl methyl sites for hydroxylation is 1. The molecule has 0 aliphatic heterocycles. The van der Waals surface area contributed by atoms with E-state index < -0.39 is 0 Å². The predicted octanol–water partition coefficient (Wildman–Crippen LogP) is 3.58. The Kier molecular flexibility index (Phi) is 4.43. The van der Waals surface area contributed by atoms with Gasteiger partial charge in [0.25, 0.3) is 5.91 Å². The van der Waals surface area contributed by atoms with Crippen LogP contribution in [0.1, 0.15) is 20.9 Å². The van der Waals surface area contributed by atoms with E-state index in [1.165, 1.54) is 23.5 Å². The van der Waals surface area contributed by atoms with Crippen molar-refractivity contribution < 1.29 is 9.18 Å². The van der Waals surface area contributed by atoms with E-state index >= 15 is 0 Å². The summed E-state index contributed by atoms with van der Waals surface area (Å²) in [6, 6.07) is 11.7. The maximum absolute atomic E-state index is 13.1. The molecule has 0 saturated carbocycles. The highest BCUT2D eigenvalue weighted by atomic mass is 32.1. The van der Waals surface area contributed by atoms with Gasteiger partial charge in [-0.05, 0) is 36.8 Å². The summed E-state index contributed by atoms with van der Waals surface area (Å²) in [6.45, 7) is 2.06. The van der Waals surface area contributed by atoms with Gasteiger partial charge in [-0.1, -0.05) is 18.2 Å². The fourth-order valence-electron chi connectivity index (χ4n) is 2.12. The minimum atomic E-state index is -0.317. The predicted molar refractivity (Wildman–Crippen MR) is 87.7 cm³/mol. The van der Waals surface area contributed by atoms with Crippen LogP contribution in [0.3, 0.4) is 0 Å². The maximum Gasteiger partial charge on any atom is 0.263 e. The van der Waals surface area contributed by atoms with Crippen molar-refractivity contribution in [3.8, 4) is 10.7 Å². The van der Waals surface area contributed by atoms with Crippen LogP contribution in [-0.4, -0.2) is 15.9 Å². The van der Waals surface area contributed by atoms with Gasteiger partial charge in [-0.2, -0.15) is 0 Å². The number of pyridine rings is 1. The van der Waals surface area contributed by atoms with Crippen LogP contribution in [0, 0.1) is 12.7 Å². The lowest BCUT2D eigenvalue weighted by molar-refractivity contribution is 0.0954. The summed E-state index contributed by atoms with van der Waals surface area (Å²) >= 11 is 1.30. The van der Waals surface area contributed by atoms with Gasteiger partial charge in [0.05, 0.1) is 11.4 Å². The van der Waals surface area contributed by atoms with Crippen LogP contribution in [0.25, 0.3) is 10.7 Å². The van der Waals surface area contributed by atoms with Crippen LogP contribution in [0.15, 0.2) is 48.7 Å². The molecule has 2 aromatic heterocycles. The summed E-state index contributed by atoms with van der Waals surface area (Å²) in [5, 5.41) is 3.50. The molecule has 1 aromatic carbocycles. The minimum absolute atomic E-state index is 0.216. The summed E-state index contributed by atoms with van der Waals surface area (Å²) in [4.78, 5) is 21.5. The van der Waals surface area contributed by atoms with Crippen LogP contribution in [-0.2, 0) is 6.54 Å². The van der Waals surface area contributed by atoms with Gasteiger partial charge in [-0.3, -0.25) is 9.78 Å². The van der Waals surface area contributed by atoms with Crippen molar-refractivity contribution in [2.75, 3.05) is 0 Å². The topological polar surface area (TPSA) is 54.9 Å². The molecule has 0 fully saturated rings. The van der Waals surface area contributed by atoms with Crippen molar-refractivity contribution in [1.82, 2.24) is 15.3 Å². The smallest absolute Gasteiger partial charge is 0.263 e. The number of hydrogen-bond acceptors (Lipinski definition) is 4. The van der Waals surface area contributed by atoms with Crippen molar-refractivity contribution in [3.63, 3.8) is 0 Å². The number of carbonyl (C=O) groups is 1. The summed E-state index contributed by atoms with van der Waals surface area (Å²) in [7, 11) is 0. The first kappa shape index (κ1) is 15.3. The Hall–Kier alpha value is -2.60. The van der Waals surface area contributed by atoms with Gasteiger partial charge in [-0.25, -0.2) is 9.37 Å². The molecule has 0 bridgehead atoms. The molecule has 23 heavy (non-hydrogen) atoms. The van der Waals surface area contributed by atoms with Crippen LogP contribution in [0.4, 0.5) is 4.39 Å². The third kappa shape index (κ3) is 3.60. The number of carbonyl (C=O) groups excluding carboxylic acids is 1. The highest BCUT2D eigenvalue weighted by Crippen LogP contribution is 2.26. The Balaban J connectivity index is 1.74. The van der Waals surface area contributed by atoms with Gasteiger partial charge >= 0.3 is 0 Å². The van der Waals surface area contributed by atoms with Gasteiger partial charge < -0.3 is 5.32 Å². The molecule has 0 radical (unpaired) electrons. The number of nitrogens with one attached hydrogen (secondary N) is 1. The average molecular weight is 327 g/mol. The van der Waals surface area contributed by atoms with Crippen molar-refractivity contribution >= 4 is 17.2 Å². The summed E-state index contributed by atoms with van der Waals surface area (Å²) in [5.74, 6) is -0.533. The van der Waals surface area contributed by atoms with Crippen molar-refractivity contribution in [1.29, 1.82) is 0 Å². The van der Waals surface area contributed by atoms with Gasteiger partial charge in [0.1, 0.15) is 15.7 Å². The third-order valence-corrected chi connectivity index (χ3v) is 4.41. The SMILES string of the molecule is Cc1nc(-c2ccccn2)sc1C(=O)NCc1cccc(F)c1. The van der Waals surface area contributed by atoms with Crippen molar-refractivity contribution in [3.05, 3.63) is 70.6 Å². The number of thiazole rings is 1. The van der Waals surface area contributed by atoms with Crippen molar-refractivity contribution in [2.45, 2.75) is 13.5 Å². The summed E-state index contributed by atoms with van der Waals surface area (Å²) < 4.78 is 13.1. The second kappa shape index (κ2) is 6.66. The second-order valence-corrected chi connectivity index (χ2v) is 5.96. The normalized spacial score (nSPS) is 10.5. The Morgan fingerprint density at radius 3 is 2.87 bits per heavy atom. The first-order chi connectivity index (χ1) is 11.1. The first-order valence-corrected chi connectivity index (χ1v) is 7.86. The molecule has 3 aromatic rings. The molecule has 2 heterocycles. The molecule has 0 unspecified atom stereocenters. The third-order valence-electron chi connectivity index (χ3n) is 3.23. The van der Waals surface area contributed by atoms with E-state index in [-0.39, 0.29) is 18.3 Å². The Labute approximate surface area is 137 Å². The van der Waals surface area contributed by atoms with Gasteiger partial charge in [0.2, 0.25) is 0 Å². The number of halogens is 1. The molecule has 0 aliphatic rings. The maximum atomic E-state index is 13.1. The Bertz CT molecular complexity index is 833. The van der Waals surface area contributed by atoms with E-state index in [1.807, 2.05) is 18.2 Å². The standard InChI is InChI=1S/C17H14FN3OS/c1-11-15(23-17(21-11)14-7-2-3-8-19-14)16(22)20-10-12-5-4-6-13(18)9-12/h2-9H,10H2,1H3,(H,20,22). The highest BCUT2D eigenvalue weighted by molar-refractivity contribution is 7.17. The van der Waals surface area contributed by atoms with Crippen LogP contribution < -0.4 is 5.32 Å². The molecule has 6 heteroatoms. The molecule has 116 valence electrons. The summed E-state index contributed by atoms with van der Waals surface area (Å²) in [5.41, 5.74) is 2.11. The molecule has 0 spiro atoms. The summed E-state index contributed by atoms with van der Waals surface area (Å²) in [6.07, 6.45) is 1.69. The molecular weight excluding hydrogens is 313 g/mol. The molecule has 0 saturated heterocycles. The van der Waals surface area contributed by atoms with Crippen LogP contribution in [0.5, 0.6) is 0 Å². The monoisotopic (exact) mass is 327 g/mol. The number of aromatic nitrogens is 2. The quantitative estimate of drug-likeness (QED) is 0.797. The Morgan fingerprint density at radius 2 is 2.13 bits per heavy atom. The highest BCUT2D eigenvalue weighted by Gasteiger charge is 2.16. The lowest BCUT2D eigenvalue weighted by Gasteiger charge is -2.04. The largest absolute Gasteiger partial charge is 0.347 e. The second-order valence-electron chi connectivity index (χ2n) is 4.96. The molecule has 0 aliphatic carbocycles. The van der Waals surface area contributed by atoms with E-state index in [4.69, 9.17) is 0 Å². The molecule has 0 atom stereocenters. The van der Waals surface area contributed by atoms with E-state index in [0.717, 1.165) is 5.69 Å². The van der Waals surface area contributed by atoms with Crippen LogP contribution in [0.2, 0.25) is 0 Å². The van der Waals surface area contributed by atoms with E-state index in [9.17, 15) is 9.18 Å². The fraction of sp³-hybridized carbons (Fsp3) is 0.118. The number of rotatable bonds is 4. The van der Waals surface area contributed by atoms with E-state index in [1.54, 1.807) is 25.3 Å². The van der Waals surface area contributed by atoms with Crippen molar-refractivity contribution in [2.24, 2.45) is 0 Å². The number of nitrogens with zero attached hydrogens (tertiary/aromatic N) is 2. The lowest BCUT2D eigenvalue weighted by atomic mass is 10.2. The number of amides is 1. The molecule has 1 amide bonds. The van der Waals surface area contributed by atoms with Gasteiger partial charge in [-0.15, -0.1) is 11.3 Å². The average Bonchev–Trinajstić information content (AvgIpc) is 2.95. The first-order valence-electron chi connectivity index (χ1n) is 7.05. The lowest BCUT2D eigenvalue weighted by Crippen LogP contribution is -2.22. The van der Waals surface area contributed by atoms with E-state index in [0.29, 0.717) is 21.1 Å². The molecule has 3 rings (SSSR count). The number of benzene rings is 1. The zero-order valence-corrected chi connectivity index (χ0v) is 13.2. The molecular formula is C17H14FN3OS. The molecule has 1 N–H and O–H groups in total. The van der Waals surface area contributed by atoms with Crippen LogP contribution >= 0.6 is 11.3 Å². The fourth-order valence-corrected chi connectivity index (χ4v) is 3.07.